The van der Waals surface area contributed by atoms with E-state index in [0.717, 1.165) is 29.6 Å². The first-order valence-electron chi connectivity index (χ1n) is 8.85. The predicted octanol–water partition coefficient (Wildman–Crippen LogP) is 3.14. The first kappa shape index (κ1) is 17.6. The summed E-state index contributed by atoms with van der Waals surface area (Å²) in [5.74, 6) is -0.245. The highest BCUT2D eigenvalue weighted by atomic mass is 32.1. The highest BCUT2D eigenvalue weighted by Crippen LogP contribution is 2.30. The van der Waals surface area contributed by atoms with Crippen LogP contribution < -0.4 is 16.0 Å². The summed E-state index contributed by atoms with van der Waals surface area (Å²) in [5.41, 5.74) is 9.84. The van der Waals surface area contributed by atoms with E-state index in [1.54, 1.807) is 12.1 Å². The van der Waals surface area contributed by atoms with Crippen LogP contribution >= 0.6 is 11.3 Å². The van der Waals surface area contributed by atoms with Crippen molar-refractivity contribution in [3.8, 4) is 0 Å². The van der Waals surface area contributed by atoms with Crippen molar-refractivity contribution in [3.05, 3.63) is 70.4 Å². The summed E-state index contributed by atoms with van der Waals surface area (Å²) < 4.78 is 0. The van der Waals surface area contributed by atoms with E-state index in [0.29, 0.717) is 11.3 Å². The van der Waals surface area contributed by atoms with Gasteiger partial charge in [0.05, 0.1) is 5.56 Å². The monoisotopic (exact) mass is 378 g/mol. The zero-order chi connectivity index (χ0) is 18.8. The largest absolute Gasteiger partial charge is 0.345 e. The Balaban J connectivity index is 1.58. The van der Waals surface area contributed by atoms with Gasteiger partial charge in [0, 0.05) is 36.8 Å². The van der Waals surface area contributed by atoms with E-state index in [4.69, 9.17) is 5.73 Å². The van der Waals surface area contributed by atoms with Crippen molar-refractivity contribution in [2.75, 3.05) is 24.5 Å². The number of piperazine rings is 1. The summed E-state index contributed by atoms with van der Waals surface area (Å²) in [4.78, 5) is 24.5. The Morgan fingerprint density at radius 3 is 2.85 bits per heavy atom. The van der Waals surface area contributed by atoms with Gasteiger partial charge in [-0.25, -0.2) is 9.97 Å². The number of thiazole rings is 1. The van der Waals surface area contributed by atoms with Crippen LogP contribution in [-0.2, 0) is 0 Å². The standard InChI is InChI=1S/C20H20N5OS/c1-13-17(18(26)15-8-5-9-23-19(15)21)24-20(27-13)25-11-10-22-16(12-25)14-6-3-2-4-7-14/h2-9,16,21-22H,10-12H2,1H3. The number of hydrogen-bond acceptors (Lipinski definition) is 6. The smallest absolute Gasteiger partial charge is 0.216 e. The van der Waals surface area contributed by atoms with Crippen molar-refractivity contribution in [1.29, 1.82) is 0 Å². The molecule has 1 saturated heterocycles. The van der Waals surface area contributed by atoms with E-state index >= 15 is 0 Å². The second kappa shape index (κ2) is 7.46. The van der Waals surface area contributed by atoms with Crippen molar-refractivity contribution in [3.63, 3.8) is 0 Å². The molecule has 1 aromatic carbocycles. The fourth-order valence-electron chi connectivity index (χ4n) is 3.28. The van der Waals surface area contributed by atoms with Crippen LogP contribution in [0.3, 0.4) is 0 Å². The molecule has 0 saturated carbocycles. The third kappa shape index (κ3) is 3.56. The Kier molecular flexibility index (Phi) is 4.87. The molecule has 0 amide bonds. The number of aryl methyl sites for hydroxylation is 1. The average molecular weight is 378 g/mol. The molecule has 3 heterocycles. The molecule has 0 bridgehead atoms. The maximum absolute atomic E-state index is 12.8. The number of aromatic nitrogens is 2. The van der Waals surface area contributed by atoms with E-state index in [1.807, 2.05) is 25.1 Å². The van der Waals surface area contributed by atoms with Crippen LogP contribution in [0.4, 0.5) is 10.9 Å². The summed E-state index contributed by atoms with van der Waals surface area (Å²) in [5, 5.41) is 4.40. The third-order valence-electron chi connectivity index (χ3n) is 4.70. The number of rotatable bonds is 4. The van der Waals surface area contributed by atoms with E-state index in [2.05, 4.69) is 32.3 Å². The van der Waals surface area contributed by atoms with Crippen LogP contribution in [0.2, 0.25) is 0 Å². The van der Waals surface area contributed by atoms with Crippen molar-refractivity contribution >= 4 is 28.1 Å². The first-order chi connectivity index (χ1) is 13.1. The number of pyridine rings is 1. The van der Waals surface area contributed by atoms with Gasteiger partial charge in [-0.2, -0.15) is 0 Å². The second-order valence-corrected chi connectivity index (χ2v) is 7.67. The summed E-state index contributed by atoms with van der Waals surface area (Å²) in [6.07, 6.45) is 1.52. The molecule has 0 spiro atoms. The number of nitrogens with zero attached hydrogens (tertiary/aromatic N) is 3. The summed E-state index contributed by atoms with van der Waals surface area (Å²) >= 11 is 1.53. The molecule has 2 N–H and O–H groups in total. The molecule has 1 radical (unpaired) electrons. The molecule has 137 valence electrons. The van der Waals surface area contributed by atoms with Crippen LogP contribution in [0.25, 0.3) is 0 Å². The maximum atomic E-state index is 12.8. The fraction of sp³-hybridized carbons (Fsp3) is 0.250. The Morgan fingerprint density at radius 2 is 2.07 bits per heavy atom. The summed E-state index contributed by atoms with van der Waals surface area (Å²) in [7, 11) is 0. The molecule has 6 nitrogen and oxygen atoms in total. The van der Waals surface area contributed by atoms with E-state index in [-0.39, 0.29) is 17.6 Å². The number of carbonyl (C=O) groups is 1. The van der Waals surface area contributed by atoms with Crippen molar-refractivity contribution in [1.82, 2.24) is 21.0 Å². The minimum Gasteiger partial charge on any atom is -0.345 e. The van der Waals surface area contributed by atoms with Gasteiger partial charge < -0.3 is 10.2 Å². The lowest BCUT2D eigenvalue weighted by molar-refractivity contribution is 0.103. The van der Waals surface area contributed by atoms with Gasteiger partial charge in [-0.1, -0.05) is 30.3 Å². The molecule has 1 unspecified atom stereocenters. The van der Waals surface area contributed by atoms with Crippen LogP contribution in [-0.4, -0.2) is 35.4 Å². The normalized spacial score (nSPS) is 17.1. The van der Waals surface area contributed by atoms with Gasteiger partial charge in [0.25, 0.3) is 0 Å². The lowest BCUT2D eigenvalue weighted by Gasteiger charge is -2.33. The molecule has 4 rings (SSSR count). The second-order valence-electron chi connectivity index (χ2n) is 6.49. The van der Waals surface area contributed by atoms with Gasteiger partial charge >= 0.3 is 0 Å². The van der Waals surface area contributed by atoms with E-state index in [9.17, 15) is 4.79 Å². The van der Waals surface area contributed by atoms with Crippen LogP contribution in [0.5, 0.6) is 0 Å². The van der Waals surface area contributed by atoms with Gasteiger partial charge in [-0.05, 0) is 24.6 Å². The quantitative estimate of drug-likeness (QED) is 0.705. The third-order valence-corrected chi connectivity index (χ3v) is 5.73. The minimum absolute atomic E-state index is 0.0113. The van der Waals surface area contributed by atoms with Crippen LogP contribution in [0.1, 0.15) is 32.5 Å². The molecular weight excluding hydrogens is 358 g/mol. The molecule has 0 aliphatic carbocycles. The lowest BCUT2D eigenvalue weighted by Crippen LogP contribution is -2.45. The Hall–Kier alpha value is -2.77. The summed E-state index contributed by atoms with van der Waals surface area (Å²) in [6.45, 7) is 4.42. The highest BCUT2D eigenvalue weighted by Gasteiger charge is 2.26. The van der Waals surface area contributed by atoms with Gasteiger partial charge in [-0.3, -0.25) is 10.5 Å². The fourth-order valence-corrected chi connectivity index (χ4v) is 4.22. The number of ketones is 1. The molecule has 2 aromatic heterocycles. The molecule has 1 atom stereocenters. The van der Waals surface area contributed by atoms with Crippen molar-refractivity contribution in [2.45, 2.75) is 13.0 Å². The maximum Gasteiger partial charge on any atom is 0.216 e. The van der Waals surface area contributed by atoms with Gasteiger partial charge in [0.2, 0.25) is 5.78 Å². The molecular formula is C20H20N5OS. The first-order valence-corrected chi connectivity index (χ1v) is 9.67. The van der Waals surface area contributed by atoms with E-state index < -0.39 is 0 Å². The summed E-state index contributed by atoms with van der Waals surface area (Å²) in [6, 6.07) is 13.9. The number of benzene rings is 1. The van der Waals surface area contributed by atoms with E-state index in [1.165, 1.54) is 23.1 Å². The van der Waals surface area contributed by atoms with Gasteiger partial charge in [0.1, 0.15) is 5.69 Å². The number of nitrogens with one attached hydrogen (secondary N) is 2. The Morgan fingerprint density at radius 1 is 1.26 bits per heavy atom. The minimum atomic E-state index is -0.233. The zero-order valence-electron chi connectivity index (χ0n) is 15.0. The topological polar surface area (TPSA) is 81.9 Å². The van der Waals surface area contributed by atoms with Gasteiger partial charge in [0.15, 0.2) is 10.9 Å². The Bertz CT molecular complexity index is 956. The number of hydrogen-bond donors (Lipinski definition) is 1. The molecule has 27 heavy (non-hydrogen) atoms. The SMILES string of the molecule is Cc1sc(N2CCNC(c3ccccc3)C2)nc1C(=O)c1cccnc1[NH]. The lowest BCUT2D eigenvalue weighted by atomic mass is 10.1. The molecule has 1 aliphatic heterocycles. The van der Waals surface area contributed by atoms with Crippen molar-refractivity contribution < 1.29 is 4.79 Å². The highest BCUT2D eigenvalue weighted by molar-refractivity contribution is 7.15. The van der Waals surface area contributed by atoms with Crippen molar-refractivity contribution in [2.24, 2.45) is 0 Å². The number of carbonyl (C=O) groups excluding carboxylic acids is 1. The Labute approximate surface area is 162 Å². The average Bonchev–Trinajstić information content (AvgIpc) is 3.10. The zero-order valence-corrected chi connectivity index (χ0v) is 15.8. The number of anilines is 1. The molecule has 1 aliphatic rings. The molecule has 7 heteroatoms. The van der Waals surface area contributed by atoms with Crippen LogP contribution in [0.15, 0.2) is 48.7 Å². The van der Waals surface area contributed by atoms with Crippen LogP contribution in [0, 0.1) is 6.92 Å². The predicted molar refractivity (Wildman–Crippen MR) is 107 cm³/mol. The van der Waals surface area contributed by atoms with Gasteiger partial charge in [-0.15, -0.1) is 11.3 Å². The molecule has 1 fully saturated rings. The molecule has 3 aromatic rings.